The molecule has 3 rings (SSSR count). The molecule has 1 amide bonds. The van der Waals surface area contributed by atoms with Gasteiger partial charge in [0.1, 0.15) is 4.38 Å². The summed E-state index contributed by atoms with van der Waals surface area (Å²) < 4.78 is 1.16. The summed E-state index contributed by atoms with van der Waals surface area (Å²) in [5.41, 5.74) is 2.00. The summed E-state index contributed by atoms with van der Waals surface area (Å²) in [6.45, 7) is 2.74. The molecule has 106 valence electrons. The van der Waals surface area contributed by atoms with Crippen LogP contribution >= 0.6 is 23.5 Å². The van der Waals surface area contributed by atoms with Gasteiger partial charge in [-0.15, -0.1) is 0 Å². The van der Waals surface area contributed by atoms with Crippen LogP contribution in [0.4, 0.5) is 0 Å². The fraction of sp³-hybridized carbons (Fsp3) is 0.467. The maximum absolute atomic E-state index is 12.5. The number of aliphatic imine (C=N–C) groups is 1. The Balaban J connectivity index is 1.71. The molecule has 0 radical (unpaired) electrons. The van der Waals surface area contributed by atoms with Gasteiger partial charge in [-0.3, -0.25) is 9.79 Å². The summed E-state index contributed by atoms with van der Waals surface area (Å²) in [4.78, 5) is 19.0. The molecule has 1 saturated heterocycles. The lowest BCUT2D eigenvalue weighted by molar-refractivity contribution is 0.0792. The van der Waals surface area contributed by atoms with E-state index in [1.807, 2.05) is 34.9 Å². The second-order valence-electron chi connectivity index (χ2n) is 4.94. The first-order chi connectivity index (χ1) is 9.84. The standard InChI is InChI=1S/C15H18N2OS2/c18-14(17-8-3-4-9-17)13-6-2-1-5-12(13)11-20-15-16-7-10-19-15/h1-2,5-6H,3-4,7-11H2. The van der Waals surface area contributed by atoms with Crippen LogP contribution in [-0.2, 0) is 5.75 Å². The van der Waals surface area contributed by atoms with Crippen LogP contribution in [0, 0.1) is 0 Å². The zero-order valence-corrected chi connectivity index (χ0v) is 13.0. The molecule has 0 N–H and O–H groups in total. The first-order valence-electron chi connectivity index (χ1n) is 7.02. The van der Waals surface area contributed by atoms with E-state index in [9.17, 15) is 4.79 Å². The van der Waals surface area contributed by atoms with Crippen molar-refractivity contribution in [3.63, 3.8) is 0 Å². The van der Waals surface area contributed by atoms with Crippen molar-refractivity contribution in [3.05, 3.63) is 35.4 Å². The van der Waals surface area contributed by atoms with Gasteiger partial charge in [0, 0.05) is 30.2 Å². The average molecular weight is 306 g/mol. The Morgan fingerprint density at radius 3 is 2.85 bits per heavy atom. The molecule has 1 fully saturated rings. The van der Waals surface area contributed by atoms with E-state index in [-0.39, 0.29) is 5.91 Å². The van der Waals surface area contributed by atoms with Crippen LogP contribution in [0.15, 0.2) is 29.3 Å². The Morgan fingerprint density at radius 1 is 1.30 bits per heavy atom. The molecule has 20 heavy (non-hydrogen) atoms. The number of nitrogens with zero attached hydrogens (tertiary/aromatic N) is 2. The van der Waals surface area contributed by atoms with Crippen molar-refractivity contribution in [2.75, 3.05) is 25.4 Å². The van der Waals surface area contributed by atoms with Gasteiger partial charge in [0.2, 0.25) is 0 Å². The molecule has 0 saturated carbocycles. The van der Waals surface area contributed by atoms with Crippen molar-refractivity contribution in [3.8, 4) is 0 Å². The number of hydrogen-bond acceptors (Lipinski definition) is 4. The molecule has 1 aromatic rings. The van der Waals surface area contributed by atoms with E-state index in [0.717, 1.165) is 59.5 Å². The molecule has 0 spiro atoms. The normalized spacial score (nSPS) is 18.4. The molecule has 2 heterocycles. The third-order valence-corrected chi connectivity index (χ3v) is 5.85. The fourth-order valence-corrected chi connectivity index (χ4v) is 4.50. The number of rotatable bonds is 3. The maximum atomic E-state index is 12.5. The van der Waals surface area contributed by atoms with Crippen molar-refractivity contribution in [1.82, 2.24) is 4.90 Å². The lowest BCUT2D eigenvalue weighted by Gasteiger charge is -2.17. The van der Waals surface area contributed by atoms with Gasteiger partial charge < -0.3 is 4.90 Å². The monoisotopic (exact) mass is 306 g/mol. The van der Waals surface area contributed by atoms with Gasteiger partial charge in [0.15, 0.2) is 0 Å². The highest BCUT2D eigenvalue weighted by molar-refractivity contribution is 8.38. The highest BCUT2D eigenvalue weighted by Gasteiger charge is 2.21. The Labute approximate surface area is 128 Å². The predicted octanol–water partition coefficient (Wildman–Crippen LogP) is 3.26. The van der Waals surface area contributed by atoms with Gasteiger partial charge >= 0.3 is 0 Å². The molecule has 0 unspecified atom stereocenters. The first-order valence-corrected chi connectivity index (χ1v) is 8.99. The van der Waals surface area contributed by atoms with E-state index in [1.165, 1.54) is 0 Å². The van der Waals surface area contributed by atoms with Crippen LogP contribution in [0.5, 0.6) is 0 Å². The van der Waals surface area contributed by atoms with Gasteiger partial charge in [-0.1, -0.05) is 41.7 Å². The number of carbonyl (C=O) groups is 1. The van der Waals surface area contributed by atoms with Crippen LogP contribution in [0.3, 0.4) is 0 Å². The van der Waals surface area contributed by atoms with E-state index in [4.69, 9.17) is 0 Å². The highest BCUT2D eigenvalue weighted by Crippen LogP contribution is 2.27. The molecule has 0 aliphatic carbocycles. The zero-order valence-electron chi connectivity index (χ0n) is 11.4. The summed E-state index contributed by atoms with van der Waals surface area (Å²) in [5.74, 6) is 2.12. The molecule has 0 atom stereocenters. The number of likely N-dealkylation sites (tertiary alicyclic amines) is 1. The van der Waals surface area contributed by atoms with Crippen molar-refractivity contribution in [1.29, 1.82) is 0 Å². The predicted molar refractivity (Wildman–Crippen MR) is 87.6 cm³/mol. The molecule has 5 heteroatoms. The summed E-state index contributed by atoms with van der Waals surface area (Å²) in [5, 5.41) is 0. The molecular formula is C15H18N2OS2. The number of amides is 1. The minimum Gasteiger partial charge on any atom is -0.339 e. The third-order valence-electron chi connectivity index (χ3n) is 3.55. The summed E-state index contributed by atoms with van der Waals surface area (Å²) in [7, 11) is 0. The largest absolute Gasteiger partial charge is 0.339 e. The van der Waals surface area contributed by atoms with Gasteiger partial charge in [-0.25, -0.2) is 0 Å². The zero-order chi connectivity index (χ0) is 13.8. The number of hydrogen-bond donors (Lipinski definition) is 0. The quantitative estimate of drug-likeness (QED) is 0.859. The second-order valence-corrected chi connectivity index (χ2v) is 7.25. The molecule has 1 aromatic carbocycles. The van der Waals surface area contributed by atoms with E-state index >= 15 is 0 Å². The molecule has 2 aliphatic heterocycles. The topological polar surface area (TPSA) is 32.7 Å². The Bertz CT molecular complexity index is 524. The maximum Gasteiger partial charge on any atom is 0.254 e. The molecule has 2 aliphatic rings. The van der Waals surface area contributed by atoms with Crippen molar-refractivity contribution >= 4 is 33.8 Å². The molecular weight excluding hydrogens is 288 g/mol. The second kappa shape index (κ2) is 6.68. The highest BCUT2D eigenvalue weighted by atomic mass is 32.2. The smallest absolute Gasteiger partial charge is 0.254 e. The Hall–Kier alpha value is -0.940. The van der Waals surface area contributed by atoms with Gasteiger partial charge in [0.25, 0.3) is 5.91 Å². The third kappa shape index (κ3) is 3.20. The SMILES string of the molecule is O=C(c1ccccc1CSC1=NCCS1)N1CCCC1. The van der Waals surface area contributed by atoms with Crippen LogP contribution in [-0.4, -0.2) is 40.6 Å². The summed E-state index contributed by atoms with van der Waals surface area (Å²) >= 11 is 3.57. The van der Waals surface area contributed by atoms with Crippen molar-refractivity contribution in [2.24, 2.45) is 4.99 Å². The van der Waals surface area contributed by atoms with Crippen LogP contribution in [0.25, 0.3) is 0 Å². The van der Waals surface area contributed by atoms with E-state index in [2.05, 4.69) is 11.1 Å². The lowest BCUT2D eigenvalue weighted by Crippen LogP contribution is -2.28. The first kappa shape index (κ1) is 14.0. The van der Waals surface area contributed by atoms with E-state index in [0.29, 0.717) is 0 Å². The van der Waals surface area contributed by atoms with Crippen LogP contribution in [0.2, 0.25) is 0 Å². The number of carbonyl (C=O) groups excluding carboxylic acids is 1. The van der Waals surface area contributed by atoms with Gasteiger partial charge in [-0.05, 0) is 24.5 Å². The van der Waals surface area contributed by atoms with Crippen LogP contribution < -0.4 is 0 Å². The fourth-order valence-electron chi connectivity index (χ4n) is 2.49. The minimum atomic E-state index is 0.194. The number of thioether (sulfide) groups is 2. The lowest BCUT2D eigenvalue weighted by atomic mass is 10.1. The van der Waals surface area contributed by atoms with Crippen molar-refractivity contribution < 1.29 is 4.79 Å². The summed E-state index contributed by atoms with van der Waals surface area (Å²) in [6.07, 6.45) is 2.27. The van der Waals surface area contributed by atoms with Crippen molar-refractivity contribution in [2.45, 2.75) is 18.6 Å². The Morgan fingerprint density at radius 2 is 2.10 bits per heavy atom. The average Bonchev–Trinajstić information content (AvgIpc) is 3.18. The van der Waals surface area contributed by atoms with E-state index in [1.54, 1.807) is 11.8 Å². The molecule has 0 bridgehead atoms. The summed E-state index contributed by atoms with van der Waals surface area (Å²) in [6, 6.07) is 8.00. The Kier molecular flexibility index (Phi) is 4.68. The van der Waals surface area contributed by atoms with Gasteiger partial charge in [-0.2, -0.15) is 0 Å². The molecule has 0 aromatic heterocycles. The van der Waals surface area contributed by atoms with Crippen LogP contribution in [0.1, 0.15) is 28.8 Å². The minimum absolute atomic E-state index is 0.194. The van der Waals surface area contributed by atoms with Gasteiger partial charge in [0.05, 0.1) is 6.54 Å². The number of benzene rings is 1. The van der Waals surface area contributed by atoms with E-state index < -0.39 is 0 Å². The molecule has 3 nitrogen and oxygen atoms in total.